The van der Waals surface area contributed by atoms with Crippen molar-refractivity contribution in [2.75, 3.05) is 6.54 Å². The normalized spacial score (nSPS) is 11.2. The molecule has 0 saturated carbocycles. The highest BCUT2D eigenvalue weighted by atomic mass is 32.1. The Bertz CT molecular complexity index is 653. The van der Waals surface area contributed by atoms with E-state index in [1.54, 1.807) is 0 Å². The minimum atomic E-state index is 0.937. The van der Waals surface area contributed by atoms with Gasteiger partial charge in [0.25, 0.3) is 0 Å². The van der Waals surface area contributed by atoms with E-state index in [4.69, 9.17) is 0 Å². The van der Waals surface area contributed by atoms with E-state index in [0.717, 1.165) is 19.5 Å². The highest BCUT2D eigenvalue weighted by molar-refractivity contribution is 7.09. The maximum absolute atomic E-state index is 3.54. The van der Waals surface area contributed by atoms with Gasteiger partial charge in [0.1, 0.15) is 0 Å². The summed E-state index contributed by atoms with van der Waals surface area (Å²) in [5.74, 6) is 0. The number of nitrogens with one attached hydrogen (secondary N) is 1. The van der Waals surface area contributed by atoms with E-state index < -0.39 is 0 Å². The number of hydrogen-bond donors (Lipinski definition) is 1. The Labute approximate surface area is 117 Å². The zero-order valence-corrected chi connectivity index (χ0v) is 11.9. The average Bonchev–Trinajstić information content (AvgIpc) is 3.04. The Kier molecular flexibility index (Phi) is 3.67. The van der Waals surface area contributed by atoms with Gasteiger partial charge in [-0.3, -0.25) is 0 Å². The van der Waals surface area contributed by atoms with Crippen molar-refractivity contribution in [1.29, 1.82) is 0 Å². The topological polar surface area (TPSA) is 17.0 Å². The van der Waals surface area contributed by atoms with Crippen LogP contribution in [0.3, 0.4) is 0 Å². The predicted octanol–water partition coefficient (Wildman–Crippen LogP) is 3.57. The average molecular weight is 270 g/mol. The first-order valence-electron chi connectivity index (χ1n) is 6.60. The molecule has 0 aliphatic carbocycles. The molecular formula is C16H18N2S. The molecule has 3 heteroatoms. The van der Waals surface area contributed by atoms with Crippen molar-refractivity contribution in [3.05, 3.63) is 58.4 Å². The minimum absolute atomic E-state index is 0.937. The van der Waals surface area contributed by atoms with Crippen molar-refractivity contribution in [2.24, 2.45) is 7.05 Å². The van der Waals surface area contributed by atoms with Gasteiger partial charge in [-0.15, -0.1) is 11.3 Å². The largest absolute Gasteiger partial charge is 0.350 e. The molecule has 0 atom stereocenters. The van der Waals surface area contributed by atoms with Crippen LogP contribution in [-0.4, -0.2) is 11.1 Å². The Morgan fingerprint density at radius 3 is 2.89 bits per heavy atom. The molecule has 3 aromatic rings. The maximum Gasteiger partial charge on any atom is 0.0481 e. The second-order valence-corrected chi connectivity index (χ2v) is 5.82. The van der Waals surface area contributed by atoms with Crippen molar-refractivity contribution in [1.82, 2.24) is 9.88 Å². The Morgan fingerprint density at radius 1 is 1.16 bits per heavy atom. The third-order valence-corrected chi connectivity index (χ3v) is 4.36. The fourth-order valence-corrected chi connectivity index (χ4v) is 3.16. The molecule has 98 valence electrons. The molecule has 0 fully saturated rings. The van der Waals surface area contributed by atoms with Crippen LogP contribution < -0.4 is 5.32 Å². The lowest BCUT2D eigenvalue weighted by atomic mass is 10.2. The summed E-state index contributed by atoms with van der Waals surface area (Å²) in [5.41, 5.74) is 2.68. The van der Waals surface area contributed by atoms with E-state index in [0.29, 0.717) is 0 Å². The van der Waals surface area contributed by atoms with E-state index in [9.17, 15) is 0 Å². The summed E-state index contributed by atoms with van der Waals surface area (Å²) in [5, 5.41) is 7.03. The smallest absolute Gasteiger partial charge is 0.0481 e. The Hall–Kier alpha value is -1.58. The molecule has 1 aromatic carbocycles. The standard InChI is InChI=1S/C16H18N2S/c1-18-12-13(15-6-2-3-7-16(15)18)11-17-9-8-14-5-4-10-19-14/h2-7,10,12,17H,8-9,11H2,1H3. The first-order chi connectivity index (χ1) is 9.34. The number of nitrogens with zero attached hydrogens (tertiary/aromatic N) is 1. The predicted molar refractivity (Wildman–Crippen MR) is 82.6 cm³/mol. The molecule has 0 aliphatic rings. The second-order valence-electron chi connectivity index (χ2n) is 4.79. The molecule has 0 radical (unpaired) electrons. The molecule has 2 nitrogen and oxygen atoms in total. The van der Waals surface area contributed by atoms with Crippen LogP contribution in [0, 0.1) is 0 Å². The highest BCUT2D eigenvalue weighted by Gasteiger charge is 2.04. The molecule has 2 heterocycles. The van der Waals surface area contributed by atoms with Crippen LogP contribution in [0.15, 0.2) is 48.0 Å². The fourth-order valence-electron chi connectivity index (χ4n) is 2.46. The first kappa shape index (κ1) is 12.5. The zero-order valence-electron chi connectivity index (χ0n) is 11.1. The number of para-hydroxylation sites is 1. The number of aromatic nitrogens is 1. The van der Waals surface area contributed by atoms with Gasteiger partial charge in [0.2, 0.25) is 0 Å². The summed E-state index contributed by atoms with van der Waals surface area (Å²) < 4.78 is 2.20. The van der Waals surface area contributed by atoms with Crippen LogP contribution in [-0.2, 0) is 20.0 Å². The van der Waals surface area contributed by atoms with Crippen LogP contribution in [0.4, 0.5) is 0 Å². The van der Waals surface area contributed by atoms with Crippen molar-refractivity contribution in [3.63, 3.8) is 0 Å². The van der Waals surface area contributed by atoms with Crippen LogP contribution in [0.25, 0.3) is 10.9 Å². The van der Waals surface area contributed by atoms with E-state index in [-0.39, 0.29) is 0 Å². The first-order valence-corrected chi connectivity index (χ1v) is 7.48. The van der Waals surface area contributed by atoms with E-state index in [1.165, 1.54) is 21.3 Å². The van der Waals surface area contributed by atoms with Gasteiger partial charge >= 0.3 is 0 Å². The number of hydrogen-bond acceptors (Lipinski definition) is 2. The van der Waals surface area contributed by atoms with Gasteiger partial charge in [0, 0.05) is 42.1 Å². The summed E-state index contributed by atoms with van der Waals surface area (Å²) in [7, 11) is 2.11. The zero-order chi connectivity index (χ0) is 13.1. The van der Waals surface area contributed by atoms with Gasteiger partial charge in [-0.05, 0) is 29.5 Å². The lowest BCUT2D eigenvalue weighted by Gasteiger charge is -2.02. The van der Waals surface area contributed by atoms with Gasteiger partial charge in [-0.2, -0.15) is 0 Å². The van der Waals surface area contributed by atoms with Crippen molar-refractivity contribution >= 4 is 22.2 Å². The number of benzene rings is 1. The molecule has 19 heavy (non-hydrogen) atoms. The molecule has 2 aromatic heterocycles. The van der Waals surface area contributed by atoms with Gasteiger partial charge in [0.05, 0.1) is 0 Å². The summed E-state index contributed by atoms with van der Waals surface area (Å²) in [6.45, 7) is 1.97. The summed E-state index contributed by atoms with van der Waals surface area (Å²) >= 11 is 1.83. The summed E-state index contributed by atoms with van der Waals surface area (Å²) in [6.07, 6.45) is 3.34. The summed E-state index contributed by atoms with van der Waals surface area (Å²) in [4.78, 5) is 1.45. The van der Waals surface area contributed by atoms with Crippen LogP contribution in [0.5, 0.6) is 0 Å². The third-order valence-electron chi connectivity index (χ3n) is 3.42. The van der Waals surface area contributed by atoms with Crippen molar-refractivity contribution < 1.29 is 0 Å². The van der Waals surface area contributed by atoms with E-state index in [1.807, 2.05) is 11.3 Å². The summed E-state index contributed by atoms with van der Waals surface area (Å²) in [6, 6.07) is 12.9. The number of thiophene rings is 1. The van der Waals surface area contributed by atoms with Crippen molar-refractivity contribution in [3.8, 4) is 0 Å². The van der Waals surface area contributed by atoms with E-state index >= 15 is 0 Å². The fraction of sp³-hybridized carbons (Fsp3) is 0.250. The SMILES string of the molecule is Cn1cc(CNCCc2cccs2)c2ccccc21. The molecule has 0 saturated heterocycles. The molecule has 0 bridgehead atoms. The van der Waals surface area contributed by atoms with E-state index in [2.05, 4.69) is 64.9 Å². The quantitative estimate of drug-likeness (QED) is 0.701. The lowest BCUT2D eigenvalue weighted by Crippen LogP contribution is -2.16. The number of rotatable bonds is 5. The van der Waals surface area contributed by atoms with Gasteiger partial charge in [-0.1, -0.05) is 24.3 Å². The Balaban J connectivity index is 1.62. The van der Waals surface area contributed by atoms with Gasteiger partial charge in [-0.25, -0.2) is 0 Å². The lowest BCUT2D eigenvalue weighted by molar-refractivity contribution is 0.691. The molecule has 0 unspecified atom stereocenters. The second kappa shape index (κ2) is 5.59. The molecular weight excluding hydrogens is 252 g/mol. The highest BCUT2D eigenvalue weighted by Crippen LogP contribution is 2.19. The monoisotopic (exact) mass is 270 g/mol. The van der Waals surface area contributed by atoms with Gasteiger partial charge in [0.15, 0.2) is 0 Å². The molecule has 3 rings (SSSR count). The third kappa shape index (κ3) is 2.72. The van der Waals surface area contributed by atoms with Gasteiger partial charge < -0.3 is 9.88 Å². The van der Waals surface area contributed by atoms with Crippen LogP contribution in [0.2, 0.25) is 0 Å². The van der Waals surface area contributed by atoms with Crippen molar-refractivity contribution in [2.45, 2.75) is 13.0 Å². The number of fused-ring (bicyclic) bond motifs is 1. The molecule has 0 aliphatic heterocycles. The maximum atomic E-state index is 3.54. The minimum Gasteiger partial charge on any atom is -0.350 e. The van der Waals surface area contributed by atoms with Crippen LogP contribution in [0.1, 0.15) is 10.4 Å². The Morgan fingerprint density at radius 2 is 2.05 bits per heavy atom. The molecule has 1 N–H and O–H groups in total. The molecule has 0 amide bonds. The molecule has 0 spiro atoms. The number of aryl methyl sites for hydroxylation is 1. The van der Waals surface area contributed by atoms with Crippen LogP contribution >= 0.6 is 11.3 Å².